The summed E-state index contributed by atoms with van der Waals surface area (Å²) >= 11 is 4.07. The molecule has 2 aromatic rings. The van der Waals surface area contributed by atoms with Crippen LogP contribution in [0.2, 0.25) is 0 Å². The van der Waals surface area contributed by atoms with E-state index in [0.29, 0.717) is 16.2 Å². The minimum atomic E-state index is -2.56. The van der Waals surface area contributed by atoms with Crippen molar-refractivity contribution in [3.8, 4) is 0 Å². The van der Waals surface area contributed by atoms with Gasteiger partial charge in [-0.2, -0.15) is 5.10 Å². The molecule has 0 unspecified atom stereocenters. The number of nitrogens with zero attached hydrogens (tertiary/aromatic N) is 3. The normalized spacial score (nSPS) is 11.5. The molecule has 0 aliphatic heterocycles. The fourth-order valence-electron chi connectivity index (χ4n) is 1.26. The summed E-state index contributed by atoms with van der Waals surface area (Å²) in [6.07, 6.45) is -1.16. The first-order valence-corrected chi connectivity index (χ1v) is 4.36. The van der Waals surface area contributed by atoms with Gasteiger partial charge in [-0.3, -0.25) is 0 Å². The Bertz CT molecular complexity index is 481. The van der Waals surface area contributed by atoms with Gasteiger partial charge in [0.25, 0.3) is 6.43 Å². The lowest BCUT2D eigenvalue weighted by Crippen LogP contribution is -2.02. The molecule has 0 amide bonds. The van der Waals surface area contributed by atoms with Gasteiger partial charge >= 0.3 is 0 Å². The highest BCUT2D eigenvalue weighted by molar-refractivity contribution is 7.80. The van der Waals surface area contributed by atoms with Gasteiger partial charge in [0.2, 0.25) is 0 Å². The van der Waals surface area contributed by atoms with Crippen molar-refractivity contribution in [1.29, 1.82) is 0 Å². The maximum atomic E-state index is 12.6. The van der Waals surface area contributed by atoms with Crippen LogP contribution < -0.4 is 0 Å². The van der Waals surface area contributed by atoms with Crippen LogP contribution >= 0.6 is 12.6 Å². The molecule has 74 valence electrons. The number of aromatic nitrogens is 3. The zero-order chi connectivity index (χ0) is 10.3. The SMILES string of the molecule is Cc1cc(C(F)F)n2ncc(S)c2n1. The van der Waals surface area contributed by atoms with Gasteiger partial charge in [-0.1, -0.05) is 0 Å². The van der Waals surface area contributed by atoms with Crippen LogP contribution in [0.1, 0.15) is 17.8 Å². The van der Waals surface area contributed by atoms with Gasteiger partial charge < -0.3 is 0 Å². The number of aryl methyl sites for hydroxylation is 1. The van der Waals surface area contributed by atoms with Crippen LogP contribution in [0.15, 0.2) is 17.2 Å². The molecule has 0 atom stereocenters. The monoisotopic (exact) mass is 215 g/mol. The Balaban J connectivity index is 2.82. The first kappa shape index (κ1) is 9.39. The Labute approximate surface area is 84.2 Å². The van der Waals surface area contributed by atoms with Gasteiger partial charge in [0, 0.05) is 5.69 Å². The lowest BCUT2D eigenvalue weighted by Gasteiger charge is -2.04. The molecule has 6 heteroatoms. The van der Waals surface area contributed by atoms with E-state index in [-0.39, 0.29) is 5.69 Å². The summed E-state index contributed by atoms with van der Waals surface area (Å²) in [5.41, 5.74) is 0.736. The van der Waals surface area contributed by atoms with Crippen LogP contribution in [0.25, 0.3) is 5.65 Å². The van der Waals surface area contributed by atoms with E-state index in [4.69, 9.17) is 0 Å². The summed E-state index contributed by atoms with van der Waals surface area (Å²) in [4.78, 5) is 4.56. The van der Waals surface area contributed by atoms with E-state index in [2.05, 4.69) is 22.7 Å². The maximum Gasteiger partial charge on any atom is 0.280 e. The standard InChI is InChI=1S/C8H7F2N3S/c1-4-2-5(7(9)10)13-8(12-4)6(14)3-11-13/h2-3,7,14H,1H3. The van der Waals surface area contributed by atoms with Crippen molar-refractivity contribution in [2.45, 2.75) is 18.2 Å². The molecule has 0 bridgehead atoms. The van der Waals surface area contributed by atoms with E-state index in [1.165, 1.54) is 12.3 Å². The number of hydrogen-bond acceptors (Lipinski definition) is 3. The van der Waals surface area contributed by atoms with E-state index < -0.39 is 6.43 Å². The van der Waals surface area contributed by atoms with Gasteiger partial charge in [0.1, 0.15) is 5.69 Å². The molecule has 2 heterocycles. The van der Waals surface area contributed by atoms with Crippen LogP contribution in [0.5, 0.6) is 0 Å². The highest BCUT2D eigenvalue weighted by Crippen LogP contribution is 2.22. The number of hydrogen-bond donors (Lipinski definition) is 1. The summed E-state index contributed by atoms with van der Waals surface area (Å²) in [6.45, 7) is 1.66. The maximum absolute atomic E-state index is 12.6. The highest BCUT2D eigenvalue weighted by Gasteiger charge is 2.15. The molecule has 0 N–H and O–H groups in total. The number of thiol groups is 1. The summed E-state index contributed by atoms with van der Waals surface area (Å²) in [6, 6.07) is 1.32. The van der Waals surface area contributed by atoms with Crippen molar-refractivity contribution in [3.05, 3.63) is 23.7 Å². The topological polar surface area (TPSA) is 30.2 Å². The molecule has 2 rings (SSSR count). The third kappa shape index (κ3) is 1.35. The van der Waals surface area contributed by atoms with Crippen LogP contribution in [0, 0.1) is 6.92 Å². The number of halogens is 2. The van der Waals surface area contributed by atoms with Gasteiger partial charge in [-0.15, -0.1) is 12.6 Å². The molecule has 0 fully saturated rings. The lowest BCUT2D eigenvalue weighted by molar-refractivity contribution is 0.143. The molecule has 0 spiro atoms. The van der Waals surface area contributed by atoms with Crippen LogP contribution in [0.4, 0.5) is 8.78 Å². The van der Waals surface area contributed by atoms with Crippen molar-refractivity contribution in [2.75, 3.05) is 0 Å². The summed E-state index contributed by atoms with van der Waals surface area (Å²) in [5, 5.41) is 3.78. The molecule has 0 aliphatic rings. The molecule has 2 aromatic heterocycles. The number of fused-ring (bicyclic) bond motifs is 1. The Hall–Kier alpha value is -1.17. The number of alkyl halides is 2. The predicted octanol–water partition coefficient (Wildman–Crippen LogP) is 2.26. The second kappa shape index (κ2) is 3.20. The lowest BCUT2D eigenvalue weighted by atomic mass is 10.3. The minimum Gasteiger partial charge on any atom is -0.233 e. The Morgan fingerprint density at radius 2 is 2.21 bits per heavy atom. The molecule has 0 saturated heterocycles. The molecule has 0 aliphatic carbocycles. The van der Waals surface area contributed by atoms with Crippen LogP contribution in [-0.2, 0) is 0 Å². The third-order valence-electron chi connectivity index (χ3n) is 1.83. The second-order valence-corrected chi connectivity index (χ2v) is 3.37. The fraction of sp³-hybridized carbons (Fsp3) is 0.250. The molecule has 0 radical (unpaired) electrons. The Kier molecular flexibility index (Phi) is 2.14. The minimum absolute atomic E-state index is 0.159. The summed E-state index contributed by atoms with van der Waals surface area (Å²) in [7, 11) is 0. The van der Waals surface area contributed by atoms with Crippen molar-refractivity contribution in [3.63, 3.8) is 0 Å². The van der Waals surface area contributed by atoms with Gasteiger partial charge in [-0.05, 0) is 13.0 Å². The zero-order valence-electron chi connectivity index (χ0n) is 7.28. The molecule has 0 aromatic carbocycles. The van der Waals surface area contributed by atoms with E-state index in [9.17, 15) is 8.78 Å². The molecular weight excluding hydrogens is 208 g/mol. The van der Waals surface area contributed by atoms with E-state index in [0.717, 1.165) is 4.52 Å². The average molecular weight is 215 g/mol. The third-order valence-corrected chi connectivity index (χ3v) is 2.15. The first-order chi connectivity index (χ1) is 6.59. The highest BCUT2D eigenvalue weighted by atomic mass is 32.1. The van der Waals surface area contributed by atoms with Gasteiger partial charge in [-0.25, -0.2) is 18.3 Å². The Morgan fingerprint density at radius 1 is 1.50 bits per heavy atom. The van der Waals surface area contributed by atoms with Crippen LogP contribution in [0.3, 0.4) is 0 Å². The van der Waals surface area contributed by atoms with E-state index in [1.54, 1.807) is 6.92 Å². The predicted molar refractivity (Wildman–Crippen MR) is 49.9 cm³/mol. The van der Waals surface area contributed by atoms with Crippen molar-refractivity contribution < 1.29 is 8.78 Å². The first-order valence-electron chi connectivity index (χ1n) is 3.92. The van der Waals surface area contributed by atoms with Crippen molar-refractivity contribution in [2.24, 2.45) is 0 Å². The largest absolute Gasteiger partial charge is 0.280 e. The van der Waals surface area contributed by atoms with E-state index in [1.807, 2.05) is 0 Å². The summed E-state index contributed by atoms with van der Waals surface area (Å²) in [5.74, 6) is 0. The smallest absolute Gasteiger partial charge is 0.233 e. The average Bonchev–Trinajstić information content (AvgIpc) is 2.47. The molecule has 3 nitrogen and oxygen atoms in total. The van der Waals surface area contributed by atoms with Gasteiger partial charge in [0.15, 0.2) is 5.65 Å². The van der Waals surface area contributed by atoms with Crippen LogP contribution in [-0.4, -0.2) is 14.6 Å². The second-order valence-electron chi connectivity index (χ2n) is 2.89. The zero-order valence-corrected chi connectivity index (χ0v) is 8.17. The summed E-state index contributed by atoms with van der Waals surface area (Å²) < 4.78 is 26.3. The quantitative estimate of drug-likeness (QED) is 0.739. The molecule has 14 heavy (non-hydrogen) atoms. The van der Waals surface area contributed by atoms with Gasteiger partial charge in [0.05, 0.1) is 11.1 Å². The fourth-order valence-corrected chi connectivity index (χ4v) is 1.45. The molecule has 0 saturated carbocycles. The van der Waals surface area contributed by atoms with E-state index >= 15 is 0 Å². The Morgan fingerprint density at radius 3 is 2.86 bits per heavy atom. The number of rotatable bonds is 1. The molecular formula is C8H7F2N3S. The van der Waals surface area contributed by atoms with Crippen molar-refractivity contribution >= 4 is 18.3 Å². The van der Waals surface area contributed by atoms with Crippen molar-refractivity contribution in [1.82, 2.24) is 14.6 Å².